The summed E-state index contributed by atoms with van der Waals surface area (Å²) in [4.78, 5) is 0. The lowest BCUT2D eigenvalue weighted by Crippen LogP contribution is -2.33. The first kappa shape index (κ1) is 11.0. The van der Waals surface area contributed by atoms with Gasteiger partial charge in [0.2, 0.25) is 0 Å². The summed E-state index contributed by atoms with van der Waals surface area (Å²) >= 11 is 0. The molecule has 0 amide bonds. The van der Waals surface area contributed by atoms with Gasteiger partial charge in [0.1, 0.15) is 0 Å². The maximum atomic E-state index is 12.9. The van der Waals surface area contributed by atoms with E-state index in [1.54, 1.807) is 0 Å². The Kier molecular flexibility index (Phi) is 3.02. The van der Waals surface area contributed by atoms with Gasteiger partial charge in [-0.1, -0.05) is 0 Å². The molecule has 1 aliphatic carbocycles. The van der Waals surface area contributed by atoms with Crippen LogP contribution < -0.4 is 0 Å². The summed E-state index contributed by atoms with van der Waals surface area (Å²) < 4.78 is 47.9. The van der Waals surface area contributed by atoms with Crippen LogP contribution in [0.3, 0.4) is 0 Å². The molecule has 0 aromatic rings. The third-order valence-electron chi connectivity index (χ3n) is 2.96. The standard InChI is InChI=1S/C10H13F3O2/c11-8(9(12)13)7-1-3-10(4-2-7)14-5-6-15-10/h9H,1-6H2. The van der Waals surface area contributed by atoms with E-state index in [0.29, 0.717) is 38.9 Å². The summed E-state index contributed by atoms with van der Waals surface area (Å²) in [5, 5.41) is 0. The Morgan fingerprint density at radius 3 is 2.13 bits per heavy atom. The van der Waals surface area contributed by atoms with Gasteiger partial charge in [0.25, 0.3) is 6.43 Å². The van der Waals surface area contributed by atoms with E-state index in [9.17, 15) is 13.2 Å². The molecule has 0 aromatic heterocycles. The Bertz CT molecular complexity index is 258. The average Bonchev–Trinajstić information content (AvgIpc) is 2.67. The lowest BCUT2D eigenvalue weighted by Gasteiger charge is -2.32. The van der Waals surface area contributed by atoms with Gasteiger partial charge < -0.3 is 9.47 Å². The predicted molar refractivity (Wildman–Crippen MR) is 47.2 cm³/mol. The van der Waals surface area contributed by atoms with E-state index < -0.39 is 18.0 Å². The van der Waals surface area contributed by atoms with Gasteiger partial charge in [-0.2, -0.15) is 0 Å². The van der Waals surface area contributed by atoms with Crippen molar-refractivity contribution in [3.8, 4) is 0 Å². The third-order valence-corrected chi connectivity index (χ3v) is 2.96. The minimum Gasteiger partial charge on any atom is -0.348 e. The van der Waals surface area contributed by atoms with Gasteiger partial charge in [0, 0.05) is 12.8 Å². The minimum absolute atomic E-state index is 0.217. The van der Waals surface area contributed by atoms with Gasteiger partial charge in [-0.05, 0) is 18.4 Å². The van der Waals surface area contributed by atoms with E-state index in [-0.39, 0.29) is 5.57 Å². The zero-order valence-corrected chi connectivity index (χ0v) is 8.27. The molecule has 2 nitrogen and oxygen atoms in total. The van der Waals surface area contributed by atoms with Crippen molar-refractivity contribution >= 4 is 0 Å². The van der Waals surface area contributed by atoms with Crippen molar-refractivity contribution in [2.24, 2.45) is 0 Å². The Balaban J connectivity index is 2.00. The Morgan fingerprint density at radius 1 is 1.13 bits per heavy atom. The molecule has 0 radical (unpaired) electrons. The van der Waals surface area contributed by atoms with Crippen molar-refractivity contribution in [3.63, 3.8) is 0 Å². The zero-order chi connectivity index (χ0) is 10.9. The molecule has 1 saturated heterocycles. The van der Waals surface area contributed by atoms with E-state index in [0.717, 1.165) is 0 Å². The number of hydrogen-bond acceptors (Lipinski definition) is 2. The molecule has 0 unspecified atom stereocenters. The molecular formula is C10H13F3O2. The smallest absolute Gasteiger partial charge is 0.289 e. The third kappa shape index (κ3) is 2.18. The number of rotatable bonds is 1. The minimum atomic E-state index is -2.99. The summed E-state index contributed by atoms with van der Waals surface area (Å²) in [6.45, 7) is 1.08. The van der Waals surface area contributed by atoms with Crippen LogP contribution in [0, 0.1) is 0 Å². The summed E-state index contributed by atoms with van der Waals surface area (Å²) in [5.74, 6) is -1.88. The van der Waals surface area contributed by atoms with Crippen molar-refractivity contribution in [2.45, 2.75) is 37.9 Å². The van der Waals surface area contributed by atoms with Gasteiger partial charge in [-0.15, -0.1) is 0 Å². The Morgan fingerprint density at radius 2 is 1.67 bits per heavy atom. The van der Waals surface area contributed by atoms with Crippen LogP contribution in [0.4, 0.5) is 13.2 Å². The van der Waals surface area contributed by atoms with Gasteiger partial charge in [0.05, 0.1) is 13.2 Å². The monoisotopic (exact) mass is 222 g/mol. The molecule has 5 heteroatoms. The largest absolute Gasteiger partial charge is 0.348 e. The number of allylic oxidation sites excluding steroid dienone is 2. The first-order valence-corrected chi connectivity index (χ1v) is 5.06. The van der Waals surface area contributed by atoms with E-state index in [4.69, 9.17) is 9.47 Å². The summed E-state index contributed by atoms with van der Waals surface area (Å²) in [6, 6.07) is 0. The van der Waals surface area contributed by atoms with Crippen LogP contribution in [0.15, 0.2) is 11.4 Å². The molecular weight excluding hydrogens is 209 g/mol. The zero-order valence-electron chi connectivity index (χ0n) is 8.27. The normalized spacial score (nSPS) is 25.2. The van der Waals surface area contributed by atoms with Crippen molar-refractivity contribution in [1.29, 1.82) is 0 Å². The van der Waals surface area contributed by atoms with E-state index in [1.807, 2.05) is 0 Å². The van der Waals surface area contributed by atoms with Crippen LogP contribution >= 0.6 is 0 Å². The number of ether oxygens (including phenoxy) is 2. The van der Waals surface area contributed by atoms with Crippen LogP contribution in [0.2, 0.25) is 0 Å². The lowest BCUT2D eigenvalue weighted by molar-refractivity contribution is -0.171. The highest BCUT2D eigenvalue weighted by Gasteiger charge is 2.39. The molecule has 1 heterocycles. The molecule has 0 bridgehead atoms. The highest BCUT2D eigenvalue weighted by molar-refractivity contribution is 5.13. The maximum Gasteiger partial charge on any atom is 0.289 e. The molecule has 0 atom stereocenters. The van der Waals surface area contributed by atoms with Crippen molar-refractivity contribution in [3.05, 3.63) is 11.4 Å². The Hall–Kier alpha value is -0.550. The van der Waals surface area contributed by atoms with Gasteiger partial charge in [-0.25, -0.2) is 13.2 Å². The van der Waals surface area contributed by atoms with E-state index >= 15 is 0 Å². The second-order valence-corrected chi connectivity index (χ2v) is 3.86. The molecule has 1 aliphatic heterocycles. The average molecular weight is 222 g/mol. The first-order valence-electron chi connectivity index (χ1n) is 5.06. The van der Waals surface area contributed by atoms with Crippen LogP contribution in [-0.4, -0.2) is 25.4 Å². The van der Waals surface area contributed by atoms with E-state index in [2.05, 4.69) is 0 Å². The van der Waals surface area contributed by atoms with Gasteiger partial charge >= 0.3 is 0 Å². The van der Waals surface area contributed by atoms with Crippen molar-refractivity contribution < 1.29 is 22.6 Å². The maximum absolute atomic E-state index is 12.9. The molecule has 86 valence electrons. The second kappa shape index (κ2) is 4.14. The van der Waals surface area contributed by atoms with Crippen LogP contribution in [-0.2, 0) is 9.47 Å². The molecule has 0 N–H and O–H groups in total. The fourth-order valence-electron chi connectivity index (χ4n) is 2.11. The SMILES string of the molecule is FC(=C1CCC2(CC1)OCCO2)C(F)F. The second-order valence-electron chi connectivity index (χ2n) is 3.86. The first-order chi connectivity index (χ1) is 7.13. The molecule has 2 aliphatic rings. The number of hydrogen-bond donors (Lipinski definition) is 0. The molecule has 1 saturated carbocycles. The molecule has 1 spiro atoms. The van der Waals surface area contributed by atoms with Gasteiger partial charge in [0.15, 0.2) is 11.6 Å². The quantitative estimate of drug-likeness (QED) is 0.679. The molecule has 2 rings (SSSR count). The Labute approximate surface area is 86.0 Å². The van der Waals surface area contributed by atoms with Crippen molar-refractivity contribution in [1.82, 2.24) is 0 Å². The fourth-order valence-corrected chi connectivity index (χ4v) is 2.11. The molecule has 15 heavy (non-hydrogen) atoms. The molecule has 2 fully saturated rings. The van der Waals surface area contributed by atoms with Crippen LogP contribution in [0.1, 0.15) is 25.7 Å². The topological polar surface area (TPSA) is 18.5 Å². The number of alkyl halides is 2. The highest BCUT2D eigenvalue weighted by atomic mass is 19.3. The van der Waals surface area contributed by atoms with Crippen LogP contribution in [0.25, 0.3) is 0 Å². The summed E-state index contributed by atoms with van der Waals surface area (Å²) in [5.41, 5.74) is 0.217. The van der Waals surface area contributed by atoms with Crippen LogP contribution in [0.5, 0.6) is 0 Å². The fraction of sp³-hybridized carbons (Fsp3) is 0.800. The lowest BCUT2D eigenvalue weighted by atomic mass is 9.89. The van der Waals surface area contributed by atoms with Crippen molar-refractivity contribution in [2.75, 3.05) is 13.2 Å². The summed E-state index contributed by atoms with van der Waals surface area (Å²) in [6.07, 6.45) is -1.43. The predicted octanol–water partition coefficient (Wildman–Crippen LogP) is 2.79. The molecule has 0 aromatic carbocycles. The van der Waals surface area contributed by atoms with E-state index in [1.165, 1.54) is 0 Å². The van der Waals surface area contributed by atoms with Gasteiger partial charge in [-0.3, -0.25) is 0 Å². The summed E-state index contributed by atoms with van der Waals surface area (Å²) in [7, 11) is 0. The number of halogens is 3. The highest BCUT2D eigenvalue weighted by Crippen LogP contribution is 2.39.